The van der Waals surface area contributed by atoms with Crippen LogP contribution >= 0.6 is 0 Å². The Morgan fingerprint density at radius 1 is 1.27 bits per heavy atom. The van der Waals surface area contributed by atoms with E-state index in [1.807, 2.05) is 26.8 Å². The van der Waals surface area contributed by atoms with Crippen molar-refractivity contribution in [3.8, 4) is 0 Å². The van der Waals surface area contributed by atoms with E-state index in [0.29, 0.717) is 6.54 Å². The predicted octanol–water partition coefficient (Wildman–Crippen LogP) is -0.506. The molecule has 1 aliphatic carbocycles. The number of fused-ring (bicyclic) bond motifs is 3. The van der Waals surface area contributed by atoms with Crippen LogP contribution in [0.4, 0.5) is 4.79 Å². The van der Waals surface area contributed by atoms with Gasteiger partial charge in [-0.1, -0.05) is 11.6 Å². The third kappa shape index (κ3) is 6.40. The molecule has 0 aromatic rings. The number of rotatable bonds is 2. The number of hydrogen-bond donors (Lipinski definition) is 1. The van der Waals surface area contributed by atoms with Crippen LogP contribution in [-0.4, -0.2) is 29.7 Å². The Balaban J connectivity index is 0.000000575. The Bertz CT molecular complexity index is 848. The normalized spacial score (nSPS) is 19.4. The van der Waals surface area contributed by atoms with Gasteiger partial charge in [-0.25, -0.2) is 23.4 Å². The first-order valence-corrected chi connectivity index (χ1v) is 10.6. The second-order valence-corrected chi connectivity index (χ2v) is 9.45. The van der Waals surface area contributed by atoms with Gasteiger partial charge in [0.1, 0.15) is 11.2 Å². The average molecular weight is 439 g/mol. The van der Waals surface area contributed by atoms with Crippen molar-refractivity contribution >= 4 is 6.09 Å². The summed E-state index contributed by atoms with van der Waals surface area (Å²) in [5.74, 6) is 0. The van der Waals surface area contributed by atoms with Crippen molar-refractivity contribution in [1.29, 1.82) is 0 Å². The van der Waals surface area contributed by atoms with E-state index in [9.17, 15) is 4.79 Å². The van der Waals surface area contributed by atoms with Crippen LogP contribution in [0.15, 0.2) is 52.4 Å². The fraction of sp³-hybridized carbons (Fsp3) is 0.476. The molecule has 0 atom stereocenters. The monoisotopic (exact) mass is 438 g/mol. The molecule has 1 amide bonds. The highest BCUT2D eigenvalue weighted by molar-refractivity contribution is 5.68. The van der Waals surface area contributed by atoms with Gasteiger partial charge in [-0.15, -0.1) is 10.2 Å². The standard InChI is InChI=1S/C21H26N2O2.ClHO4/c1-14-9-10-23-17-8-7-15(13-22-19(24)25-20(2,3)4)12-16(17)21(5,6)18(23)11-14;2-1(3,4)5/h7-9,11H,10,13H2,1-6H3;(H,2,3,4,5). The van der Waals surface area contributed by atoms with Crippen LogP contribution in [0.2, 0.25) is 0 Å². The van der Waals surface area contributed by atoms with Gasteiger partial charge in [-0.2, -0.15) is 0 Å². The number of alkyl carbamates (subject to hydrolysis) is 1. The maximum atomic E-state index is 11.9. The largest absolute Gasteiger partial charge is 0.444 e. The minimum Gasteiger partial charge on any atom is -0.444 e. The fourth-order valence-electron chi connectivity index (χ4n) is 3.38. The minimum atomic E-state index is -4.94. The molecule has 0 unspecified atom stereocenters. The van der Waals surface area contributed by atoms with Gasteiger partial charge in [-0.3, -0.25) is 4.90 Å². The van der Waals surface area contributed by atoms with E-state index < -0.39 is 21.9 Å². The molecule has 0 aromatic carbocycles. The molecule has 30 heavy (non-hydrogen) atoms. The molecule has 8 nitrogen and oxygen atoms in total. The van der Waals surface area contributed by atoms with Gasteiger partial charge in [0.2, 0.25) is 0 Å². The van der Waals surface area contributed by atoms with Crippen molar-refractivity contribution in [2.75, 3.05) is 13.1 Å². The second kappa shape index (κ2) is 8.51. The molecule has 3 aliphatic rings. The average Bonchev–Trinajstić information content (AvgIpc) is 2.77. The zero-order chi connectivity index (χ0) is 22.9. The van der Waals surface area contributed by atoms with Gasteiger partial charge in [0.25, 0.3) is 0 Å². The van der Waals surface area contributed by atoms with E-state index in [0.717, 1.165) is 12.1 Å². The minimum absolute atomic E-state index is 0.0905. The smallest absolute Gasteiger partial charge is 0.408 e. The third-order valence-corrected chi connectivity index (χ3v) is 4.61. The number of nitrogens with zero attached hydrogens (tertiary/aromatic N) is 1. The number of nitrogens with one attached hydrogen (secondary N) is 1. The highest BCUT2D eigenvalue weighted by Crippen LogP contribution is 2.52. The molecule has 0 aromatic heterocycles. The van der Waals surface area contributed by atoms with Crippen molar-refractivity contribution in [3.63, 3.8) is 0 Å². The Labute approximate surface area is 179 Å². The molecule has 0 radical (unpaired) electrons. The molecule has 3 rings (SSSR count). The summed E-state index contributed by atoms with van der Waals surface area (Å²) in [6.07, 6.45) is 11.8. The number of halogens is 1. The van der Waals surface area contributed by atoms with Gasteiger partial charge < -0.3 is 10.1 Å². The number of hydrogen-bond acceptors (Lipinski definition) is 7. The van der Waals surface area contributed by atoms with Crippen LogP contribution in [0.5, 0.6) is 0 Å². The lowest BCUT2D eigenvalue weighted by atomic mass is 9.80. The highest BCUT2D eigenvalue weighted by atomic mass is 35.7. The Morgan fingerprint density at radius 2 is 1.87 bits per heavy atom. The lowest BCUT2D eigenvalue weighted by Gasteiger charge is -2.25. The van der Waals surface area contributed by atoms with E-state index in [-0.39, 0.29) is 5.41 Å². The van der Waals surface area contributed by atoms with E-state index in [2.05, 4.69) is 55.3 Å². The zero-order valence-corrected chi connectivity index (χ0v) is 18.8. The predicted molar refractivity (Wildman–Crippen MR) is 99.5 cm³/mol. The molecule has 0 spiro atoms. The molecule has 164 valence electrons. The molecule has 2 heterocycles. The number of carbonyl (C=O) groups excluding carboxylic acids is 1. The van der Waals surface area contributed by atoms with Crippen LogP contribution in [0.25, 0.3) is 0 Å². The van der Waals surface area contributed by atoms with Gasteiger partial charge in [-0.05, 0) is 47.6 Å². The summed E-state index contributed by atoms with van der Waals surface area (Å²) >= 11 is 0. The molecule has 0 bridgehead atoms. The Hall–Kier alpha value is -2.19. The lowest BCUT2D eigenvalue weighted by molar-refractivity contribution is -2.00. The quantitative estimate of drug-likeness (QED) is 0.574. The van der Waals surface area contributed by atoms with Gasteiger partial charge in [0.05, 0.1) is 36.7 Å². The summed E-state index contributed by atoms with van der Waals surface area (Å²) in [7, 11) is -4.94. The van der Waals surface area contributed by atoms with Crippen LogP contribution in [-0.2, 0) is 4.74 Å². The second-order valence-electron chi connectivity index (χ2n) is 8.69. The van der Waals surface area contributed by atoms with E-state index >= 15 is 0 Å². The maximum absolute atomic E-state index is 11.9. The van der Waals surface area contributed by atoms with Crippen molar-refractivity contribution in [2.45, 2.75) is 47.1 Å². The highest BCUT2D eigenvalue weighted by Gasteiger charge is 2.50. The summed E-state index contributed by atoms with van der Waals surface area (Å²) < 4.78 is 39.3. The van der Waals surface area contributed by atoms with Crippen LogP contribution in [0.1, 0.15) is 41.5 Å². The van der Waals surface area contributed by atoms with Crippen molar-refractivity contribution in [1.82, 2.24) is 10.2 Å². The van der Waals surface area contributed by atoms with Gasteiger partial charge in [0.15, 0.2) is 11.3 Å². The molecule has 9 heteroatoms. The van der Waals surface area contributed by atoms with Crippen LogP contribution in [0, 0.1) is 21.7 Å². The SMILES string of the molecule is CC1=CCN2C3=CC=C(CNC(=O)OC(C)(C)C)[C+]=C3C(C)(C)C2=C1.[O-][Cl+3]([O-])([O-])[O-]. The summed E-state index contributed by atoms with van der Waals surface area (Å²) in [5.41, 5.74) is 5.39. The first-order chi connectivity index (χ1) is 13.6. The van der Waals surface area contributed by atoms with E-state index in [1.165, 1.54) is 22.5 Å². The summed E-state index contributed by atoms with van der Waals surface area (Å²) in [5, 5.41) is 2.81. The maximum Gasteiger partial charge on any atom is 0.408 e. The first-order valence-electron chi connectivity index (χ1n) is 9.39. The molecular formula is C21H27ClN2O6. The Kier molecular flexibility index (Phi) is 6.83. The topological polar surface area (TPSA) is 134 Å². The Morgan fingerprint density at radius 3 is 2.43 bits per heavy atom. The number of amides is 1. The molecule has 1 saturated heterocycles. The summed E-state index contributed by atoms with van der Waals surface area (Å²) in [6, 6.07) is 0. The van der Waals surface area contributed by atoms with Crippen LogP contribution < -0.4 is 24.0 Å². The number of allylic oxidation sites excluding steroid dienone is 6. The molecule has 2 aliphatic heterocycles. The zero-order valence-electron chi connectivity index (χ0n) is 18.0. The van der Waals surface area contributed by atoms with Crippen LogP contribution in [0.3, 0.4) is 0 Å². The lowest BCUT2D eigenvalue weighted by Crippen LogP contribution is -2.68. The van der Waals surface area contributed by atoms with E-state index in [4.69, 9.17) is 23.4 Å². The van der Waals surface area contributed by atoms with E-state index in [1.54, 1.807) is 0 Å². The fourth-order valence-corrected chi connectivity index (χ4v) is 3.38. The van der Waals surface area contributed by atoms with Gasteiger partial charge in [0, 0.05) is 5.70 Å². The molecule has 0 saturated carbocycles. The molecule has 1 fully saturated rings. The summed E-state index contributed by atoms with van der Waals surface area (Å²) in [4.78, 5) is 14.2. The van der Waals surface area contributed by atoms with Gasteiger partial charge >= 0.3 is 6.09 Å². The van der Waals surface area contributed by atoms with Crippen molar-refractivity contribution < 1.29 is 38.4 Å². The molecule has 1 N–H and O–H groups in total. The first kappa shape index (κ1) is 24.1. The van der Waals surface area contributed by atoms with Crippen molar-refractivity contribution in [2.24, 2.45) is 5.41 Å². The third-order valence-electron chi connectivity index (χ3n) is 4.61. The number of carbonyl (C=O) groups is 1. The van der Waals surface area contributed by atoms with Crippen molar-refractivity contribution in [3.05, 3.63) is 58.5 Å². The molecular weight excluding hydrogens is 412 g/mol. The number of ether oxygens (including phenoxy) is 1. The summed E-state index contributed by atoms with van der Waals surface area (Å²) in [6.45, 7) is 13.5.